The molecule has 0 spiro atoms. The molecule has 0 radical (unpaired) electrons. The highest BCUT2D eigenvalue weighted by Crippen LogP contribution is 2.07. The standard InChI is InChI=1S/C10H19N5OS/c1-8(7-17-3)14(2)10(16)9-6-15(5-4-11)13-12-9/h6,8H,4-5,7,11H2,1-3H3. The molecule has 96 valence electrons. The van der Waals surface area contributed by atoms with Crippen molar-refractivity contribution in [2.45, 2.75) is 19.5 Å². The van der Waals surface area contributed by atoms with Crippen molar-refractivity contribution >= 4 is 17.7 Å². The molecule has 7 heteroatoms. The fraction of sp³-hybridized carbons (Fsp3) is 0.700. The molecule has 0 aromatic carbocycles. The molecule has 1 unspecified atom stereocenters. The molecular formula is C10H19N5OS. The Morgan fingerprint density at radius 2 is 2.41 bits per heavy atom. The van der Waals surface area contributed by atoms with Crippen LogP contribution in [0.3, 0.4) is 0 Å². The van der Waals surface area contributed by atoms with Gasteiger partial charge in [0.05, 0.1) is 12.7 Å². The number of rotatable bonds is 6. The minimum absolute atomic E-state index is 0.102. The van der Waals surface area contributed by atoms with Crippen LogP contribution in [0.5, 0.6) is 0 Å². The largest absolute Gasteiger partial charge is 0.337 e. The average Bonchev–Trinajstić information content (AvgIpc) is 2.76. The minimum atomic E-state index is -0.102. The fourth-order valence-corrected chi connectivity index (χ4v) is 2.08. The van der Waals surface area contributed by atoms with Crippen molar-refractivity contribution in [1.29, 1.82) is 0 Å². The first-order valence-electron chi connectivity index (χ1n) is 5.46. The van der Waals surface area contributed by atoms with Gasteiger partial charge in [-0.15, -0.1) is 5.10 Å². The van der Waals surface area contributed by atoms with Crippen molar-refractivity contribution in [2.24, 2.45) is 5.73 Å². The van der Waals surface area contributed by atoms with Crippen molar-refractivity contribution in [3.8, 4) is 0 Å². The van der Waals surface area contributed by atoms with E-state index in [2.05, 4.69) is 10.3 Å². The molecule has 1 heterocycles. The van der Waals surface area contributed by atoms with Crippen molar-refractivity contribution in [1.82, 2.24) is 19.9 Å². The van der Waals surface area contributed by atoms with E-state index in [0.717, 1.165) is 5.75 Å². The maximum Gasteiger partial charge on any atom is 0.276 e. The molecule has 0 aliphatic carbocycles. The van der Waals surface area contributed by atoms with Crippen LogP contribution in [0.4, 0.5) is 0 Å². The zero-order valence-electron chi connectivity index (χ0n) is 10.5. The van der Waals surface area contributed by atoms with Gasteiger partial charge in [0.1, 0.15) is 0 Å². The molecular weight excluding hydrogens is 238 g/mol. The van der Waals surface area contributed by atoms with E-state index >= 15 is 0 Å². The summed E-state index contributed by atoms with van der Waals surface area (Å²) in [6.07, 6.45) is 3.66. The van der Waals surface area contributed by atoms with Gasteiger partial charge in [-0.25, -0.2) is 0 Å². The van der Waals surface area contributed by atoms with E-state index in [0.29, 0.717) is 18.8 Å². The van der Waals surface area contributed by atoms with Gasteiger partial charge in [0, 0.05) is 25.4 Å². The van der Waals surface area contributed by atoms with Gasteiger partial charge in [0.2, 0.25) is 0 Å². The lowest BCUT2D eigenvalue weighted by Gasteiger charge is -2.23. The van der Waals surface area contributed by atoms with Crippen LogP contribution in [-0.2, 0) is 6.54 Å². The highest BCUT2D eigenvalue weighted by atomic mass is 32.2. The highest BCUT2D eigenvalue weighted by molar-refractivity contribution is 7.98. The maximum atomic E-state index is 12.0. The third-order valence-electron chi connectivity index (χ3n) is 2.51. The van der Waals surface area contributed by atoms with Crippen LogP contribution in [0.15, 0.2) is 6.20 Å². The molecule has 1 atom stereocenters. The number of nitrogens with zero attached hydrogens (tertiary/aromatic N) is 4. The van der Waals surface area contributed by atoms with Gasteiger partial charge in [-0.1, -0.05) is 5.21 Å². The second-order valence-electron chi connectivity index (χ2n) is 3.88. The molecule has 0 bridgehead atoms. The summed E-state index contributed by atoms with van der Waals surface area (Å²) in [4.78, 5) is 13.7. The third kappa shape index (κ3) is 3.71. The van der Waals surface area contributed by atoms with Crippen LogP contribution < -0.4 is 5.73 Å². The number of hydrogen-bond donors (Lipinski definition) is 1. The number of carbonyl (C=O) groups is 1. The van der Waals surface area contributed by atoms with Crippen molar-refractivity contribution < 1.29 is 4.79 Å². The number of carbonyl (C=O) groups excluding carboxylic acids is 1. The predicted molar refractivity (Wildman–Crippen MR) is 69.0 cm³/mol. The summed E-state index contributed by atoms with van der Waals surface area (Å²) < 4.78 is 1.58. The Labute approximate surface area is 106 Å². The van der Waals surface area contributed by atoms with E-state index in [9.17, 15) is 4.79 Å². The Balaban J connectivity index is 2.67. The van der Waals surface area contributed by atoms with Crippen molar-refractivity contribution in [3.63, 3.8) is 0 Å². The minimum Gasteiger partial charge on any atom is -0.337 e. The second-order valence-corrected chi connectivity index (χ2v) is 4.79. The third-order valence-corrected chi connectivity index (χ3v) is 3.32. The second kappa shape index (κ2) is 6.61. The zero-order chi connectivity index (χ0) is 12.8. The van der Waals surface area contributed by atoms with Gasteiger partial charge in [-0.3, -0.25) is 9.48 Å². The lowest BCUT2D eigenvalue weighted by molar-refractivity contribution is 0.0751. The molecule has 0 saturated heterocycles. The van der Waals surface area contributed by atoms with Crippen molar-refractivity contribution in [3.05, 3.63) is 11.9 Å². The molecule has 1 rings (SSSR count). The van der Waals surface area contributed by atoms with Crippen LogP contribution >= 0.6 is 11.8 Å². The number of amides is 1. The van der Waals surface area contributed by atoms with Gasteiger partial charge in [-0.05, 0) is 13.2 Å². The molecule has 0 aliphatic heterocycles. The first-order chi connectivity index (χ1) is 8.10. The van der Waals surface area contributed by atoms with E-state index in [1.807, 2.05) is 13.2 Å². The molecule has 1 amide bonds. The first kappa shape index (κ1) is 14.0. The molecule has 1 aromatic rings. The average molecular weight is 257 g/mol. The molecule has 17 heavy (non-hydrogen) atoms. The van der Waals surface area contributed by atoms with Gasteiger partial charge >= 0.3 is 0 Å². The number of thioether (sulfide) groups is 1. The van der Waals surface area contributed by atoms with Crippen LogP contribution in [0, 0.1) is 0 Å². The summed E-state index contributed by atoms with van der Waals surface area (Å²) >= 11 is 1.71. The van der Waals surface area contributed by atoms with Gasteiger partial charge < -0.3 is 10.6 Å². The van der Waals surface area contributed by atoms with Crippen molar-refractivity contribution in [2.75, 3.05) is 25.6 Å². The number of hydrogen-bond acceptors (Lipinski definition) is 5. The summed E-state index contributed by atoms with van der Waals surface area (Å²) in [5.41, 5.74) is 5.78. The molecule has 1 aromatic heterocycles. The monoisotopic (exact) mass is 257 g/mol. The lowest BCUT2D eigenvalue weighted by Crippen LogP contribution is -2.36. The van der Waals surface area contributed by atoms with Gasteiger partial charge in [0.15, 0.2) is 5.69 Å². The van der Waals surface area contributed by atoms with E-state index < -0.39 is 0 Å². The Morgan fingerprint density at radius 1 is 1.71 bits per heavy atom. The molecule has 6 nitrogen and oxygen atoms in total. The Bertz CT molecular complexity index is 367. The van der Waals surface area contributed by atoms with Gasteiger partial charge in [0.25, 0.3) is 5.91 Å². The summed E-state index contributed by atoms with van der Waals surface area (Å²) in [7, 11) is 1.78. The summed E-state index contributed by atoms with van der Waals surface area (Å²) in [6.45, 7) is 3.07. The lowest BCUT2D eigenvalue weighted by atomic mass is 10.3. The Kier molecular flexibility index (Phi) is 5.43. The normalized spacial score (nSPS) is 12.5. The van der Waals surface area contributed by atoms with E-state index in [-0.39, 0.29) is 11.9 Å². The zero-order valence-corrected chi connectivity index (χ0v) is 11.3. The van der Waals surface area contributed by atoms with E-state index in [4.69, 9.17) is 5.73 Å². The molecule has 2 N–H and O–H groups in total. The summed E-state index contributed by atoms with van der Waals surface area (Å²) in [5, 5.41) is 7.71. The van der Waals surface area contributed by atoms with Crippen LogP contribution in [0.25, 0.3) is 0 Å². The topological polar surface area (TPSA) is 77.0 Å². The van der Waals surface area contributed by atoms with E-state index in [1.54, 1.807) is 34.6 Å². The van der Waals surface area contributed by atoms with Crippen LogP contribution in [-0.4, -0.2) is 57.4 Å². The SMILES string of the molecule is CSCC(C)N(C)C(=O)c1cn(CCN)nn1. The van der Waals surface area contributed by atoms with E-state index in [1.165, 1.54) is 0 Å². The summed E-state index contributed by atoms with van der Waals surface area (Å²) in [6, 6.07) is 0.178. The smallest absolute Gasteiger partial charge is 0.276 e. The molecule has 0 aliphatic rings. The maximum absolute atomic E-state index is 12.0. The molecule has 0 fully saturated rings. The Hall–Kier alpha value is -1.08. The fourth-order valence-electron chi connectivity index (χ4n) is 1.37. The quantitative estimate of drug-likeness (QED) is 0.780. The number of aromatic nitrogens is 3. The van der Waals surface area contributed by atoms with Crippen LogP contribution in [0.1, 0.15) is 17.4 Å². The molecule has 0 saturated carbocycles. The van der Waals surface area contributed by atoms with Crippen LogP contribution in [0.2, 0.25) is 0 Å². The first-order valence-corrected chi connectivity index (χ1v) is 6.85. The highest BCUT2D eigenvalue weighted by Gasteiger charge is 2.19. The Morgan fingerprint density at radius 3 is 3.00 bits per heavy atom. The summed E-state index contributed by atoms with van der Waals surface area (Å²) in [5.74, 6) is 0.800. The van der Waals surface area contributed by atoms with Gasteiger partial charge in [-0.2, -0.15) is 11.8 Å². The number of nitrogens with two attached hydrogens (primary N) is 1. The predicted octanol–water partition coefficient (Wildman–Crippen LogP) is 0.0603.